The number of carboxylic acids is 2. The van der Waals surface area contributed by atoms with Gasteiger partial charge in [0.1, 0.15) is 6.10 Å². The molecule has 7 N–H and O–H groups in total. The van der Waals surface area contributed by atoms with E-state index in [-0.39, 0.29) is 12.1 Å². The molecule has 4 atom stereocenters. The van der Waals surface area contributed by atoms with Crippen LogP contribution in [-0.2, 0) is 38.4 Å². The van der Waals surface area contributed by atoms with E-state index in [2.05, 4.69) is 0 Å². The number of carbonyl (C=O) groups excluding carboxylic acids is 1. The molecule has 0 aliphatic heterocycles. The molecule has 0 saturated heterocycles. The molecular formula is C26H34N2O7. The van der Waals surface area contributed by atoms with Crippen LogP contribution < -0.4 is 11.5 Å². The molecule has 0 bridgehead atoms. The molecule has 0 spiro atoms. The summed E-state index contributed by atoms with van der Waals surface area (Å²) < 4.78 is 5.58. The molecule has 2 rings (SSSR count). The topological polar surface area (TPSA) is 173 Å². The number of carboxylic acid groups (broad SMARTS) is 2. The van der Waals surface area contributed by atoms with Crippen molar-refractivity contribution in [2.75, 3.05) is 0 Å². The van der Waals surface area contributed by atoms with E-state index in [9.17, 15) is 24.6 Å². The number of aliphatic hydroxyl groups is 1. The Balaban J connectivity index is 2.26. The minimum atomic E-state index is -2.77. The lowest BCUT2D eigenvalue weighted by atomic mass is 9.95. The molecule has 0 aliphatic rings. The molecule has 9 heteroatoms. The van der Waals surface area contributed by atoms with Crippen molar-refractivity contribution in [3.63, 3.8) is 0 Å². The SMILES string of the molecule is CC(N)Cc1ccc(CC(OC(=O)CC(O)(CC(=O)O)C(=O)O)c2ccc(CC(C)N)cc2)cc1. The molecule has 4 unspecified atom stereocenters. The van der Waals surface area contributed by atoms with Gasteiger partial charge >= 0.3 is 17.9 Å². The fourth-order valence-electron chi connectivity index (χ4n) is 3.77. The van der Waals surface area contributed by atoms with E-state index in [1.165, 1.54) is 0 Å². The summed E-state index contributed by atoms with van der Waals surface area (Å²) in [5, 5.41) is 28.4. The normalized spacial score (nSPS) is 15.5. The summed E-state index contributed by atoms with van der Waals surface area (Å²) in [4.78, 5) is 35.1. The smallest absolute Gasteiger partial charge is 0.336 e. The second-order valence-corrected chi connectivity index (χ2v) is 9.19. The fraction of sp³-hybridized carbons (Fsp3) is 0.423. The van der Waals surface area contributed by atoms with Gasteiger partial charge in [0.25, 0.3) is 0 Å². The van der Waals surface area contributed by atoms with Crippen LogP contribution in [-0.4, -0.2) is 50.9 Å². The maximum absolute atomic E-state index is 12.6. The Labute approximate surface area is 204 Å². The summed E-state index contributed by atoms with van der Waals surface area (Å²) in [6, 6.07) is 15.1. The Morgan fingerprint density at radius 1 is 0.800 bits per heavy atom. The lowest BCUT2D eigenvalue weighted by Crippen LogP contribution is -2.43. The number of hydrogen-bond acceptors (Lipinski definition) is 7. The van der Waals surface area contributed by atoms with E-state index < -0.39 is 42.5 Å². The average Bonchev–Trinajstić information content (AvgIpc) is 2.73. The van der Waals surface area contributed by atoms with Crippen molar-refractivity contribution in [1.82, 2.24) is 0 Å². The zero-order valence-corrected chi connectivity index (χ0v) is 20.0. The number of aliphatic carboxylic acids is 2. The number of nitrogens with two attached hydrogens (primary N) is 2. The number of ether oxygens (including phenoxy) is 1. The summed E-state index contributed by atoms with van der Waals surface area (Å²) in [5.74, 6) is -4.37. The Kier molecular flexibility index (Phi) is 9.94. The lowest BCUT2D eigenvalue weighted by Gasteiger charge is -2.24. The highest BCUT2D eigenvalue weighted by Crippen LogP contribution is 2.26. The molecule has 0 radical (unpaired) electrons. The Bertz CT molecular complexity index is 1000. The molecule has 9 nitrogen and oxygen atoms in total. The number of hydrogen-bond donors (Lipinski definition) is 5. The largest absolute Gasteiger partial charge is 0.481 e. The zero-order chi connectivity index (χ0) is 26.2. The van der Waals surface area contributed by atoms with Crippen LogP contribution in [0.1, 0.15) is 55.0 Å². The van der Waals surface area contributed by atoms with Crippen LogP contribution in [0, 0.1) is 0 Å². The summed E-state index contributed by atoms with van der Waals surface area (Å²) >= 11 is 0. The van der Waals surface area contributed by atoms with E-state index in [0.717, 1.165) is 23.1 Å². The van der Waals surface area contributed by atoms with Crippen LogP contribution >= 0.6 is 0 Å². The first-order valence-corrected chi connectivity index (χ1v) is 11.4. The zero-order valence-electron chi connectivity index (χ0n) is 20.0. The van der Waals surface area contributed by atoms with Gasteiger partial charge in [0, 0.05) is 18.5 Å². The van der Waals surface area contributed by atoms with Gasteiger partial charge in [-0.15, -0.1) is 0 Å². The van der Waals surface area contributed by atoms with Crippen molar-refractivity contribution in [2.45, 2.75) is 69.7 Å². The van der Waals surface area contributed by atoms with E-state index in [1.807, 2.05) is 50.2 Å². The first-order chi connectivity index (χ1) is 16.4. The van der Waals surface area contributed by atoms with Gasteiger partial charge in [-0.2, -0.15) is 0 Å². The highest BCUT2D eigenvalue weighted by Gasteiger charge is 2.42. The van der Waals surface area contributed by atoms with E-state index in [1.54, 1.807) is 12.1 Å². The Morgan fingerprint density at radius 2 is 1.23 bits per heavy atom. The summed E-state index contributed by atoms with van der Waals surface area (Å²) in [7, 11) is 0. The first-order valence-electron chi connectivity index (χ1n) is 11.4. The molecule has 2 aromatic carbocycles. The molecule has 190 valence electrons. The van der Waals surface area contributed by atoms with Crippen LogP contribution in [0.25, 0.3) is 0 Å². The van der Waals surface area contributed by atoms with Crippen LogP contribution in [0.2, 0.25) is 0 Å². The molecule has 0 aliphatic carbocycles. The van der Waals surface area contributed by atoms with Gasteiger partial charge < -0.3 is 31.5 Å². The summed E-state index contributed by atoms with van der Waals surface area (Å²) in [5.41, 5.74) is 12.6. The fourth-order valence-corrected chi connectivity index (χ4v) is 3.77. The predicted octanol–water partition coefficient (Wildman–Crippen LogP) is 1.97. The van der Waals surface area contributed by atoms with Gasteiger partial charge in [-0.05, 0) is 48.9 Å². The molecule has 0 heterocycles. The number of esters is 1. The van der Waals surface area contributed by atoms with Gasteiger partial charge in [0.2, 0.25) is 0 Å². The quantitative estimate of drug-likeness (QED) is 0.265. The summed E-state index contributed by atoms with van der Waals surface area (Å²) in [6.45, 7) is 3.81. The highest BCUT2D eigenvalue weighted by atomic mass is 16.5. The summed E-state index contributed by atoms with van der Waals surface area (Å²) in [6.07, 6.45) is -1.23. The van der Waals surface area contributed by atoms with Crippen molar-refractivity contribution in [2.24, 2.45) is 11.5 Å². The highest BCUT2D eigenvalue weighted by molar-refractivity contribution is 5.88. The second kappa shape index (κ2) is 12.4. The van der Waals surface area contributed by atoms with E-state index in [4.69, 9.17) is 21.3 Å². The Morgan fingerprint density at radius 3 is 1.63 bits per heavy atom. The average molecular weight is 487 g/mol. The number of rotatable bonds is 13. The van der Waals surface area contributed by atoms with Crippen molar-refractivity contribution < 1.29 is 34.4 Å². The third-order valence-corrected chi connectivity index (χ3v) is 5.46. The van der Waals surface area contributed by atoms with Crippen LogP contribution in [0.5, 0.6) is 0 Å². The van der Waals surface area contributed by atoms with Crippen LogP contribution in [0.3, 0.4) is 0 Å². The minimum Gasteiger partial charge on any atom is -0.481 e. The monoisotopic (exact) mass is 486 g/mol. The standard InChI is InChI=1S/C26H34N2O7/c1-16(27)11-18-3-5-20(6-4-18)13-22(21-9-7-19(8-10-21)12-17(2)28)35-24(31)15-26(34,25(32)33)14-23(29)30/h3-10,16-17,22,34H,11-15,27-28H2,1-2H3,(H,29,30)(H,32,33). The van der Waals surface area contributed by atoms with Crippen molar-refractivity contribution >= 4 is 17.9 Å². The maximum atomic E-state index is 12.6. The molecule has 0 saturated carbocycles. The van der Waals surface area contributed by atoms with Crippen molar-refractivity contribution in [1.29, 1.82) is 0 Å². The first kappa shape index (κ1) is 28.0. The molecule has 0 amide bonds. The second-order valence-electron chi connectivity index (χ2n) is 9.19. The molecular weight excluding hydrogens is 452 g/mol. The molecule has 0 fully saturated rings. The third kappa shape index (κ3) is 9.12. The van der Waals surface area contributed by atoms with Gasteiger partial charge in [0.05, 0.1) is 12.8 Å². The van der Waals surface area contributed by atoms with Crippen LogP contribution in [0.15, 0.2) is 48.5 Å². The van der Waals surface area contributed by atoms with Crippen molar-refractivity contribution in [3.05, 3.63) is 70.8 Å². The van der Waals surface area contributed by atoms with Gasteiger partial charge in [0.15, 0.2) is 5.60 Å². The van der Waals surface area contributed by atoms with E-state index >= 15 is 0 Å². The van der Waals surface area contributed by atoms with Gasteiger partial charge in [-0.25, -0.2) is 4.79 Å². The van der Waals surface area contributed by atoms with Crippen molar-refractivity contribution in [3.8, 4) is 0 Å². The van der Waals surface area contributed by atoms with Gasteiger partial charge in [-0.3, -0.25) is 9.59 Å². The lowest BCUT2D eigenvalue weighted by molar-refractivity contribution is -0.173. The number of carbonyl (C=O) groups is 3. The molecule has 0 aromatic heterocycles. The van der Waals surface area contributed by atoms with Gasteiger partial charge in [-0.1, -0.05) is 48.5 Å². The third-order valence-electron chi connectivity index (χ3n) is 5.46. The Hall–Kier alpha value is -3.27. The number of benzene rings is 2. The van der Waals surface area contributed by atoms with E-state index in [0.29, 0.717) is 18.4 Å². The predicted molar refractivity (Wildman–Crippen MR) is 130 cm³/mol. The van der Waals surface area contributed by atoms with Crippen LogP contribution in [0.4, 0.5) is 0 Å². The minimum absolute atomic E-state index is 0.0168. The maximum Gasteiger partial charge on any atom is 0.336 e. The molecule has 35 heavy (non-hydrogen) atoms. The molecule has 2 aromatic rings.